The van der Waals surface area contributed by atoms with Crippen LogP contribution in [0.5, 0.6) is 0 Å². The number of anilines is 1. The number of hydrogen-bond donors (Lipinski definition) is 2. The molecule has 136 valence electrons. The van der Waals surface area contributed by atoms with Crippen molar-refractivity contribution in [3.63, 3.8) is 0 Å². The summed E-state index contributed by atoms with van der Waals surface area (Å²) >= 11 is 5.52. The smallest absolute Gasteiger partial charge is 0.244 e. The van der Waals surface area contributed by atoms with Gasteiger partial charge in [-0.3, -0.25) is 9.78 Å². The molecule has 0 bridgehead atoms. The van der Waals surface area contributed by atoms with Crippen molar-refractivity contribution in [3.8, 4) is 0 Å². The number of para-hydroxylation sites is 1. The van der Waals surface area contributed by atoms with Crippen LogP contribution in [0.3, 0.4) is 0 Å². The van der Waals surface area contributed by atoms with Crippen molar-refractivity contribution < 1.29 is 9.21 Å². The maximum Gasteiger partial charge on any atom is 0.244 e. The first kappa shape index (κ1) is 17.2. The number of nitrogens with zero attached hydrogens (tertiary/aromatic N) is 2. The second-order valence-electron chi connectivity index (χ2n) is 6.18. The molecule has 0 unspecified atom stereocenters. The van der Waals surface area contributed by atoms with Gasteiger partial charge in [-0.2, -0.15) is 0 Å². The van der Waals surface area contributed by atoms with Gasteiger partial charge in [0.2, 0.25) is 5.91 Å². The van der Waals surface area contributed by atoms with Gasteiger partial charge in [0.25, 0.3) is 0 Å². The second kappa shape index (κ2) is 7.59. The fraction of sp³-hybridized carbons (Fsp3) is 0.150. The number of benzene rings is 1. The van der Waals surface area contributed by atoms with E-state index in [-0.39, 0.29) is 24.5 Å². The number of amides is 1. The lowest BCUT2D eigenvalue weighted by Crippen LogP contribution is -2.36. The van der Waals surface area contributed by atoms with Crippen LogP contribution in [0.2, 0.25) is 0 Å². The second-order valence-corrected chi connectivity index (χ2v) is 6.57. The SMILES string of the molecule is O=C(CN1C(=S)N[C@H](c2ccccn2)[C@H]1c1ccco1)Nc1ccccc1. The quantitative estimate of drug-likeness (QED) is 0.664. The van der Waals surface area contributed by atoms with Crippen molar-refractivity contribution in [2.45, 2.75) is 12.1 Å². The number of nitrogens with one attached hydrogen (secondary N) is 2. The molecule has 1 saturated heterocycles. The number of aromatic nitrogens is 1. The molecule has 1 amide bonds. The summed E-state index contributed by atoms with van der Waals surface area (Å²) in [5.74, 6) is 0.578. The van der Waals surface area contributed by atoms with Gasteiger partial charge in [0.1, 0.15) is 18.3 Å². The molecule has 0 radical (unpaired) electrons. The summed E-state index contributed by atoms with van der Waals surface area (Å²) in [5, 5.41) is 6.67. The highest BCUT2D eigenvalue weighted by atomic mass is 32.1. The fourth-order valence-corrected chi connectivity index (χ4v) is 3.53. The van der Waals surface area contributed by atoms with Gasteiger partial charge in [-0.25, -0.2) is 0 Å². The molecule has 2 N–H and O–H groups in total. The zero-order chi connectivity index (χ0) is 18.6. The zero-order valence-electron chi connectivity index (χ0n) is 14.4. The standard InChI is InChI=1S/C20H18N4O2S/c25-17(22-14-7-2-1-3-8-14)13-24-19(16-10-6-12-26-16)18(23-20(24)27)15-9-4-5-11-21-15/h1-12,18-19H,13H2,(H,22,25)(H,23,27)/t18-,19-/m1/s1. The first-order valence-electron chi connectivity index (χ1n) is 8.59. The number of hydrogen-bond acceptors (Lipinski definition) is 4. The third-order valence-corrected chi connectivity index (χ3v) is 4.76. The van der Waals surface area contributed by atoms with Crippen molar-refractivity contribution in [3.05, 3.63) is 84.6 Å². The highest BCUT2D eigenvalue weighted by Crippen LogP contribution is 2.38. The van der Waals surface area contributed by atoms with E-state index >= 15 is 0 Å². The molecule has 2 atom stereocenters. The molecule has 1 fully saturated rings. The topological polar surface area (TPSA) is 70.4 Å². The van der Waals surface area contributed by atoms with Crippen molar-refractivity contribution >= 4 is 28.9 Å². The summed E-state index contributed by atoms with van der Waals surface area (Å²) < 4.78 is 5.65. The van der Waals surface area contributed by atoms with Gasteiger partial charge in [0, 0.05) is 11.9 Å². The maximum atomic E-state index is 12.6. The van der Waals surface area contributed by atoms with Gasteiger partial charge >= 0.3 is 0 Å². The Morgan fingerprint density at radius 3 is 2.67 bits per heavy atom. The Balaban J connectivity index is 1.58. The predicted molar refractivity (Wildman–Crippen MR) is 106 cm³/mol. The van der Waals surface area contributed by atoms with E-state index < -0.39 is 0 Å². The van der Waals surface area contributed by atoms with E-state index in [0.29, 0.717) is 5.11 Å². The summed E-state index contributed by atoms with van der Waals surface area (Å²) in [6.45, 7) is 0.107. The molecule has 0 saturated carbocycles. The minimum absolute atomic E-state index is 0.107. The minimum atomic E-state index is -0.260. The molecule has 1 aromatic carbocycles. The first-order valence-corrected chi connectivity index (χ1v) is 8.99. The lowest BCUT2D eigenvalue weighted by Gasteiger charge is -2.25. The van der Waals surface area contributed by atoms with Crippen molar-refractivity contribution in [1.29, 1.82) is 0 Å². The molecular weight excluding hydrogens is 360 g/mol. The summed E-state index contributed by atoms with van der Waals surface area (Å²) in [6.07, 6.45) is 3.36. The molecular formula is C20H18N4O2S. The zero-order valence-corrected chi connectivity index (χ0v) is 15.2. The third kappa shape index (κ3) is 3.68. The monoisotopic (exact) mass is 378 g/mol. The summed E-state index contributed by atoms with van der Waals surface area (Å²) in [6, 6.07) is 18.3. The maximum absolute atomic E-state index is 12.6. The molecule has 0 aliphatic carbocycles. The van der Waals surface area contributed by atoms with Crippen LogP contribution in [0.1, 0.15) is 23.5 Å². The minimum Gasteiger partial charge on any atom is -0.467 e. The van der Waals surface area contributed by atoms with Crippen LogP contribution in [0.25, 0.3) is 0 Å². The Kier molecular flexibility index (Phi) is 4.84. The Morgan fingerprint density at radius 1 is 1.15 bits per heavy atom. The van der Waals surface area contributed by atoms with Gasteiger partial charge in [-0.1, -0.05) is 24.3 Å². The van der Waals surface area contributed by atoms with Crippen molar-refractivity contribution in [2.24, 2.45) is 0 Å². The average molecular weight is 378 g/mol. The number of rotatable bonds is 5. The van der Waals surface area contributed by atoms with Crippen LogP contribution >= 0.6 is 12.2 Å². The normalized spacial score (nSPS) is 19.0. The van der Waals surface area contributed by atoms with E-state index in [0.717, 1.165) is 17.1 Å². The van der Waals surface area contributed by atoms with E-state index in [1.165, 1.54) is 0 Å². The van der Waals surface area contributed by atoms with Gasteiger partial charge in [-0.15, -0.1) is 0 Å². The number of carbonyl (C=O) groups excluding carboxylic acids is 1. The first-order chi connectivity index (χ1) is 13.2. The number of carbonyl (C=O) groups is 1. The molecule has 3 heterocycles. The lowest BCUT2D eigenvalue weighted by atomic mass is 10.0. The van der Waals surface area contributed by atoms with Crippen LogP contribution in [0, 0.1) is 0 Å². The van der Waals surface area contributed by atoms with Crippen LogP contribution in [0.15, 0.2) is 77.5 Å². The Bertz CT molecular complexity index is 916. The van der Waals surface area contributed by atoms with E-state index in [1.807, 2.05) is 65.6 Å². The fourth-order valence-electron chi connectivity index (χ4n) is 3.22. The summed E-state index contributed by atoms with van der Waals surface area (Å²) in [5.41, 5.74) is 1.59. The summed E-state index contributed by atoms with van der Waals surface area (Å²) in [7, 11) is 0. The molecule has 7 heteroatoms. The predicted octanol–water partition coefficient (Wildman–Crippen LogP) is 3.29. The van der Waals surface area contributed by atoms with E-state index in [4.69, 9.17) is 16.6 Å². The number of pyridine rings is 1. The number of thiocarbonyl (C=S) groups is 1. The van der Waals surface area contributed by atoms with Crippen LogP contribution in [0.4, 0.5) is 5.69 Å². The molecule has 4 rings (SSSR count). The highest BCUT2D eigenvalue weighted by molar-refractivity contribution is 7.80. The van der Waals surface area contributed by atoms with E-state index in [1.54, 1.807) is 12.5 Å². The van der Waals surface area contributed by atoms with Crippen LogP contribution in [-0.4, -0.2) is 27.4 Å². The summed E-state index contributed by atoms with van der Waals surface area (Å²) in [4.78, 5) is 18.9. The van der Waals surface area contributed by atoms with Crippen LogP contribution < -0.4 is 10.6 Å². The Hall–Kier alpha value is -3.19. The van der Waals surface area contributed by atoms with Crippen molar-refractivity contribution in [2.75, 3.05) is 11.9 Å². The number of furan rings is 1. The van der Waals surface area contributed by atoms with Crippen LogP contribution in [-0.2, 0) is 4.79 Å². The molecule has 1 aliphatic heterocycles. The molecule has 0 spiro atoms. The lowest BCUT2D eigenvalue weighted by molar-refractivity contribution is -0.116. The van der Waals surface area contributed by atoms with Crippen molar-refractivity contribution in [1.82, 2.24) is 15.2 Å². The van der Waals surface area contributed by atoms with Gasteiger partial charge in [0.15, 0.2) is 5.11 Å². The Morgan fingerprint density at radius 2 is 1.96 bits per heavy atom. The molecule has 2 aromatic heterocycles. The third-order valence-electron chi connectivity index (χ3n) is 4.40. The molecule has 3 aromatic rings. The van der Waals surface area contributed by atoms with Gasteiger partial charge < -0.3 is 20.0 Å². The van der Waals surface area contributed by atoms with Gasteiger partial charge in [0.05, 0.1) is 18.0 Å². The average Bonchev–Trinajstić information content (AvgIpc) is 3.32. The molecule has 6 nitrogen and oxygen atoms in total. The van der Waals surface area contributed by atoms with Gasteiger partial charge in [-0.05, 0) is 48.6 Å². The highest BCUT2D eigenvalue weighted by Gasteiger charge is 2.42. The Labute approximate surface area is 162 Å². The van der Waals surface area contributed by atoms with E-state index in [9.17, 15) is 4.79 Å². The van der Waals surface area contributed by atoms with E-state index in [2.05, 4.69) is 15.6 Å². The largest absolute Gasteiger partial charge is 0.467 e. The molecule has 27 heavy (non-hydrogen) atoms. The molecule has 1 aliphatic rings.